The van der Waals surface area contributed by atoms with E-state index in [1.165, 1.54) is 9.21 Å². The smallest absolute Gasteiger partial charge is 0.267 e. The minimum Gasteiger partial charge on any atom is -0.388 e. The van der Waals surface area contributed by atoms with Crippen molar-refractivity contribution in [1.82, 2.24) is 5.32 Å². The Morgan fingerprint density at radius 2 is 2.33 bits per heavy atom. The molecule has 0 aromatic carbocycles. The van der Waals surface area contributed by atoms with Gasteiger partial charge in [0.25, 0.3) is 6.71 Å². The summed E-state index contributed by atoms with van der Waals surface area (Å²) in [5.41, 5.74) is 1.56. The van der Waals surface area contributed by atoms with Crippen LogP contribution in [0, 0.1) is 16.6 Å². The predicted molar refractivity (Wildman–Crippen MR) is 96.6 cm³/mol. The SMILES string of the molecule is CB(C#N)CC(O)/C(NCCOSI)=C1\C=CC=CC1=N. The Morgan fingerprint density at radius 1 is 1.62 bits per heavy atom. The van der Waals surface area contributed by atoms with Crippen LogP contribution in [-0.4, -0.2) is 36.8 Å². The molecule has 0 amide bonds. The van der Waals surface area contributed by atoms with Crippen molar-refractivity contribution in [2.24, 2.45) is 0 Å². The Morgan fingerprint density at radius 3 is 2.95 bits per heavy atom. The molecular formula is C13H17BIN3O2S. The van der Waals surface area contributed by atoms with Gasteiger partial charge in [0, 0.05) is 45.0 Å². The lowest BCUT2D eigenvalue weighted by Gasteiger charge is -2.21. The molecule has 0 radical (unpaired) electrons. The van der Waals surface area contributed by atoms with E-state index < -0.39 is 6.10 Å². The van der Waals surface area contributed by atoms with Gasteiger partial charge < -0.3 is 20.0 Å². The quantitative estimate of drug-likeness (QED) is 0.245. The van der Waals surface area contributed by atoms with Crippen LogP contribution in [0.1, 0.15) is 0 Å². The Bertz CT molecular complexity index is 502. The minimum atomic E-state index is -0.807. The summed E-state index contributed by atoms with van der Waals surface area (Å²) in [5, 5.41) is 30.4. The van der Waals surface area contributed by atoms with Crippen LogP contribution in [0.3, 0.4) is 0 Å². The maximum absolute atomic E-state index is 10.4. The number of hydrogen-bond acceptors (Lipinski definition) is 6. The average Bonchev–Trinajstić information content (AvgIpc) is 2.48. The normalized spacial score (nSPS) is 17.3. The lowest BCUT2D eigenvalue weighted by atomic mass is 9.50. The van der Waals surface area contributed by atoms with Gasteiger partial charge in [-0.3, -0.25) is 0 Å². The molecule has 0 aromatic rings. The highest BCUT2D eigenvalue weighted by molar-refractivity contribution is 14.2. The molecule has 1 unspecified atom stereocenters. The number of aliphatic hydroxyl groups is 1. The van der Waals surface area contributed by atoms with Crippen LogP contribution in [0.15, 0.2) is 35.6 Å². The molecule has 0 bridgehead atoms. The lowest BCUT2D eigenvalue weighted by molar-refractivity contribution is 0.219. The summed E-state index contributed by atoms with van der Waals surface area (Å²) in [5.74, 6) is 2.12. The predicted octanol–water partition coefficient (Wildman–Crippen LogP) is 2.54. The number of halogens is 1. The Balaban J connectivity index is 2.87. The maximum Gasteiger partial charge on any atom is 0.267 e. The number of rotatable bonds is 8. The molecule has 0 aliphatic heterocycles. The van der Waals surface area contributed by atoms with E-state index in [0.717, 1.165) is 0 Å². The van der Waals surface area contributed by atoms with E-state index in [-0.39, 0.29) is 6.71 Å². The first-order chi connectivity index (χ1) is 10.1. The third kappa shape index (κ3) is 6.26. The molecule has 0 saturated carbocycles. The number of nitrogens with one attached hydrogen (secondary N) is 2. The van der Waals surface area contributed by atoms with Gasteiger partial charge in [-0.15, -0.1) is 0 Å². The van der Waals surface area contributed by atoms with Crippen molar-refractivity contribution < 1.29 is 9.29 Å². The molecular weight excluding hydrogens is 400 g/mol. The van der Waals surface area contributed by atoms with Gasteiger partial charge in [-0.2, -0.15) is 0 Å². The van der Waals surface area contributed by atoms with Crippen molar-refractivity contribution in [3.8, 4) is 5.97 Å². The molecule has 0 fully saturated rings. The Labute approximate surface area is 141 Å². The molecule has 21 heavy (non-hydrogen) atoms. The molecule has 5 nitrogen and oxygen atoms in total. The monoisotopic (exact) mass is 417 g/mol. The van der Waals surface area contributed by atoms with Crippen LogP contribution in [0.4, 0.5) is 0 Å². The molecule has 1 atom stereocenters. The average molecular weight is 417 g/mol. The minimum absolute atomic E-state index is 0.254. The number of aliphatic hydroxyl groups excluding tert-OH is 1. The van der Waals surface area contributed by atoms with Crippen LogP contribution in [0.5, 0.6) is 0 Å². The summed E-state index contributed by atoms with van der Waals surface area (Å²) in [6.45, 7) is 2.52. The van der Waals surface area contributed by atoms with Crippen LogP contribution in [-0.2, 0) is 4.18 Å². The molecule has 1 aliphatic rings. The summed E-state index contributed by atoms with van der Waals surface area (Å²) in [4.78, 5) is 0. The van der Waals surface area contributed by atoms with Gasteiger partial charge in [0.1, 0.15) is 0 Å². The molecule has 0 heterocycles. The van der Waals surface area contributed by atoms with Crippen LogP contribution >= 0.6 is 30.4 Å². The van der Waals surface area contributed by atoms with Crippen LogP contribution in [0.2, 0.25) is 13.1 Å². The molecule has 1 rings (SSSR count). The molecule has 3 N–H and O–H groups in total. The summed E-state index contributed by atoms with van der Waals surface area (Å²) >= 11 is 2.04. The van der Waals surface area contributed by atoms with Gasteiger partial charge in [-0.25, -0.2) is 5.26 Å². The first kappa shape index (κ1) is 18.3. The molecule has 0 aromatic heterocycles. The second-order valence-corrected chi connectivity index (χ2v) is 5.99. The Hall–Kier alpha value is -0.755. The second-order valence-electron chi connectivity index (χ2n) is 4.55. The fourth-order valence-electron chi connectivity index (χ4n) is 1.87. The van der Waals surface area contributed by atoms with Gasteiger partial charge in [0.15, 0.2) is 0 Å². The molecule has 1 aliphatic carbocycles. The zero-order chi connectivity index (χ0) is 15.7. The van der Waals surface area contributed by atoms with E-state index >= 15 is 0 Å². The molecule has 0 spiro atoms. The summed E-state index contributed by atoms with van der Waals surface area (Å²) in [6.07, 6.45) is 6.59. The zero-order valence-electron chi connectivity index (χ0n) is 11.7. The first-order valence-corrected chi connectivity index (χ1v) is 9.78. The van der Waals surface area contributed by atoms with Crippen LogP contribution < -0.4 is 5.32 Å². The first-order valence-electron chi connectivity index (χ1n) is 6.49. The van der Waals surface area contributed by atoms with Crippen LogP contribution in [0.25, 0.3) is 0 Å². The lowest BCUT2D eigenvalue weighted by Crippen LogP contribution is -2.32. The molecule has 0 saturated heterocycles. The highest BCUT2D eigenvalue weighted by Crippen LogP contribution is 2.17. The van der Waals surface area contributed by atoms with Gasteiger partial charge in [0.05, 0.1) is 27.6 Å². The van der Waals surface area contributed by atoms with Gasteiger partial charge in [0.2, 0.25) is 0 Å². The molecule has 8 heteroatoms. The van der Waals surface area contributed by atoms with Crippen molar-refractivity contribution in [2.75, 3.05) is 13.2 Å². The van der Waals surface area contributed by atoms with E-state index in [0.29, 0.717) is 36.5 Å². The van der Waals surface area contributed by atoms with Crippen molar-refractivity contribution >= 4 is 42.8 Å². The van der Waals surface area contributed by atoms with Crippen molar-refractivity contribution in [1.29, 1.82) is 10.7 Å². The van der Waals surface area contributed by atoms with Crippen molar-refractivity contribution in [3.63, 3.8) is 0 Å². The Kier molecular flexibility index (Phi) is 8.76. The second kappa shape index (κ2) is 10.1. The zero-order valence-corrected chi connectivity index (χ0v) is 14.6. The van der Waals surface area contributed by atoms with Gasteiger partial charge in [-0.1, -0.05) is 25.1 Å². The van der Waals surface area contributed by atoms with E-state index in [1.54, 1.807) is 25.1 Å². The van der Waals surface area contributed by atoms with Gasteiger partial charge >= 0.3 is 0 Å². The number of hydrogen-bond donors (Lipinski definition) is 3. The van der Waals surface area contributed by atoms with E-state index in [1.807, 2.05) is 27.3 Å². The number of nitrogens with zero attached hydrogens (tertiary/aromatic N) is 1. The van der Waals surface area contributed by atoms with E-state index in [2.05, 4.69) is 11.3 Å². The largest absolute Gasteiger partial charge is 0.388 e. The van der Waals surface area contributed by atoms with E-state index in [9.17, 15) is 5.11 Å². The third-order valence-electron chi connectivity index (χ3n) is 2.89. The topological polar surface area (TPSA) is 89.1 Å². The highest BCUT2D eigenvalue weighted by Gasteiger charge is 2.21. The van der Waals surface area contributed by atoms with Gasteiger partial charge in [-0.05, 0) is 12.4 Å². The van der Waals surface area contributed by atoms with Crippen molar-refractivity contribution in [3.05, 3.63) is 35.6 Å². The summed E-state index contributed by atoms with van der Waals surface area (Å²) in [6, 6.07) is 0. The fourth-order valence-corrected chi connectivity index (χ4v) is 2.56. The third-order valence-corrected chi connectivity index (χ3v) is 3.91. The number of nitriles is 1. The molecule has 112 valence electrons. The fraction of sp³-hybridized carbons (Fsp3) is 0.385. The standard InChI is InChI=1S/C13H17BIN3O2S/c1-14(9-16)8-12(19)13(18-6-7-20-21-15)10-4-2-3-5-11(10)17/h2-5,12,17-19H,6-8H2,1H3/b13-10-,17-11?. The highest BCUT2D eigenvalue weighted by atomic mass is 127. The summed E-state index contributed by atoms with van der Waals surface area (Å²) in [7, 11) is 1.25. The van der Waals surface area contributed by atoms with E-state index in [4.69, 9.17) is 14.9 Å². The number of allylic oxidation sites excluding steroid dienone is 5. The van der Waals surface area contributed by atoms with Crippen molar-refractivity contribution in [2.45, 2.75) is 19.2 Å². The maximum atomic E-state index is 10.4. The summed E-state index contributed by atoms with van der Waals surface area (Å²) < 4.78 is 5.18.